The van der Waals surface area contributed by atoms with Gasteiger partial charge < -0.3 is 24.4 Å². The maximum atomic E-state index is 9.35. The van der Waals surface area contributed by atoms with Crippen LogP contribution in [0.5, 0.6) is 11.5 Å². The van der Waals surface area contributed by atoms with Crippen molar-refractivity contribution in [3.63, 3.8) is 0 Å². The Kier molecular flexibility index (Phi) is 8.58. The molecular weight excluding hydrogens is 559 g/mol. The van der Waals surface area contributed by atoms with Gasteiger partial charge in [-0.3, -0.25) is 0 Å². The van der Waals surface area contributed by atoms with Gasteiger partial charge in [0.1, 0.15) is 36.9 Å². The summed E-state index contributed by atoms with van der Waals surface area (Å²) in [4.78, 5) is 0. The van der Waals surface area contributed by atoms with E-state index in [4.69, 9.17) is 19.3 Å². The Hall–Kier alpha value is -0.638. The van der Waals surface area contributed by atoms with Crippen molar-refractivity contribution in [3.8, 4) is 11.5 Å². The number of epoxide rings is 1. The first-order valence-electron chi connectivity index (χ1n) is 8.86. The molecular formula is C21H26AcO5. The van der Waals surface area contributed by atoms with Crippen LogP contribution in [0.15, 0.2) is 48.5 Å². The molecule has 1 saturated heterocycles. The van der Waals surface area contributed by atoms with Crippen molar-refractivity contribution in [2.45, 2.75) is 31.5 Å². The van der Waals surface area contributed by atoms with Crippen molar-refractivity contribution in [1.29, 1.82) is 0 Å². The molecule has 6 heteroatoms. The van der Waals surface area contributed by atoms with Crippen LogP contribution in [0.25, 0.3) is 0 Å². The first-order chi connectivity index (χ1) is 12.5. The summed E-state index contributed by atoms with van der Waals surface area (Å²) in [6.07, 6.45) is -0.608. The van der Waals surface area contributed by atoms with Gasteiger partial charge in [0.25, 0.3) is 0 Å². The van der Waals surface area contributed by atoms with Crippen molar-refractivity contribution in [2.24, 2.45) is 0 Å². The fraction of sp³-hybridized carbons (Fsp3) is 0.429. The molecule has 3 rings (SSSR count). The molecule has 2 N–H and O–H groups in total. The summed E-state index contributed by atoms with van der Waals surface area (Å²) in [5, 5.41) is 18.2. The van der Waals surface area contributed by atoms with Crippen LogP contribution in [-0.4, -0.2) is 48.8 Å². The third-order valence-corrected chi connectivity index (χ3v) is 4.64. The Morgan fingerprint density at radius 3 is 1.93 bits per heavy atom. The second kappa shape index (κ2) is 10.2. The molecule has 2 unspecified atom stereocenters. The summed E-state index contributed by atoms with van der Waals surface area (Å²) in [6.45, 7) is 5.52. The molecule has 0 spiro atoms. The summed E-state index contributed by atoms with van der Waals surface area (Å²) in [6, 6.07) is 16.0. The maximum Gasteiger partial charge on any atom is 0.119 e. The average molecular weight is 585 g/mol. The smallest absolute Gasteiger partial charge is 0.119 e. The van der Waals surface area contributed by atoms with E-state index in [9.17, 15) is 5.11 Å². The van der Waals surface area contributed by atoms with E-state index >= 15 is 0 Å². The predicted molar refractivity (Wildman–Crippen MR) is 98.8 cm³/mol. The Bertz CT molecular complexity index is 696. The fourth-order valence-electron chi connectivity index (χ4n) is 2.70. The third kappa shape index (κ3) is 6.44. The molecule has 1 aliphatic rings. The van der Waals surface area contributed by atoms with E-state index in [1.165, 1.54) is 5.56 Å². The van der Waals surface area contributed by atoms with E-state index in [1.807, 2.05) is 36.4 Å². The Morgan fingerprint density at radius 1 is 1.00 bits per heavy atom. The first kappa shape index (κ1) is 22.6. The van der Waals surface area contributed by atoms with Gasteiger partial charge in [0.15, 0.2) is 0 Å². The largest absolute Gasteiger partial charge is 0.491 e. The van der Waals surface area contributed by atoms with Crippen LogP contribution in [0.3, 0.4) is 0 Å². The van der Waals surface area contributed by atoms with Crippen LogP contribution in [0, 0.1) is 44.1 Å². The van der Waals surface area contributed by atoms with Crippen LogP contribution < -0.4 is 9.47 Å². The minimum Gasteiger partial charge on any atom is -0.491 e. The minimum atomic E-state index is -0.863. The number of ether oxygens (including phenoxy) is 3. The van der Waals surface area contributed by atoms with Crippen LogP contribution in [-0.2, 0) is 10.2 Å². The van der Waals surface area contributed by atoms with E-state index in [2.05, 4.69) is 26.0 Å². The van der Waals surface area contributed by atoms with Gasteiger partial charge in [-0.05, 0) is 35.4 Å². The number of hydrogen-bond acceptors (Lipinski definition) is 5. The summed E-state index contributed by atoms with van der Waals surface area (Å²) in [7, 11) is 0. The molecule has 1 aliphatic heterocycles. The molecule has 27 heavy (non-hydrogen) atoms. The number of benzene rings is 2. The topological polar surface area (TPSA) is 71.5 Å². The normalized spacial score (nSPS) is 17.0. The third-order valence-electron chi connectivity index (χ3n) is 4.64. The van der Waals surface area contributed by atoms with Crippen molar-refractivity contribution in [2.75, 3.05) is 26.4 Å². The second-order valence-corrected chi connectivity index (χ2v) is 7.09. The van der Waals surface area contributed by atoms with Gasteiger partial charge in [-0.1, -0.05) is 38.1 Å². The average Bonchev–Trinajstić information content (AvgIpc) is 3.49. The first-order valence-corrected chi connectivity index (χ1v) is 8.86. The van der Waals surface area contributed by atoms with Crippen molar-refractivity contribution < 1.29 is 68.5 Å². The molecule has 0 amide bonds. The van der Waals surface area contributed by atoms with Gasteiger partial charge in [0.2, 0.25) is 0 Å². The molecule has 0 aromatic heterocycles. The minimum absolute atomic E-state index is 0. The zero-order chi connectivity index (χ0) is 18.6. The summed E-state index contributed by atoms with van der Waals surface area (Å²) in [5.74, 6) is 1.52. The standard InChI is InChI=1S/C21H26O5.Ac/c1-21(2,15-3-7-18(8-4-15)24-12-17(23)11-22)16-5-9-19(10-6-16)25-13-20-14-26-20;/h3-10,17,20,22-23H,11-14H2,1-2H3;. The second-order valence-electron chi connectivity index (χ2n) is 7.09. The monoisotopic (exact) mass is 585 g/mol. The van der Waals surface area contributed by atoms with Gasteiger partial charge >= 0.3 is 0 Å². The van der Waals surface area contributed by atoms with E-state index in [-0.39, 0.29) is 68.8 Å². The van der Waals surface area contributed by atoms with Crippen LogP contribution in [0.2, 0.25) is 0 Å². The number of aliphatic hydroxyl groups is 2. The van der Waals surface area contributed by atoms with Crippen LogP contribution >= 0.6 is 0 Å². The quantitative estimate of drug-likeness (QED) is 0.443. The van der Waals surface area contributed by atoms with Gasteiger partial charge in [-0.25, -0.2) is 0 Å². The van der Waals surface area contributed by atoms with Gasteiger partial charge in [-0.15, -0.1) is 0 Å². The number of hydrogen-bond donors (Lipinski definition) is 2. The van der Waals surface area contributed by atoms with E-state index in [0.717, 1.165) is 17.9 Å². The zero-order valence-electron chi connectivity index (χ0n) is 15.8. The molecule has 2 atom stereocenters. The molecule has 1 fully saturated rings. The molecule has 143 valence electrons. The van der Waals surface area contributed by atoms with Crippen molar-refractivity contribution >= 4 is 0 Å². The fourth-order valence-corrected chi connectivity index (χ4v) is 2.70. The SMILES string of the molecule is CC(C)(c1ccc(OCC(O)CO)cc1)c1ccc(OCC2CO2)cc1.[Ac]. The number of rotatable bonds is 9. The molecule has 1 heterocycles. The van der Waals surface area contributed by atoms with Gasteiger partial charge in [0, 0.05) is 49.5 Å². The predicted octanol–water partition coefficient (Wildman–Crippen LogP) is 2.52. The maximum absolute atomic E-state index is 9.35. The van der Waals surface area contributed by atoms with Gasteiger partial charge in [-0.2, -0.15) is 0 Å². The molecule has 1 radical (unpaired) electrons. The molecule has 5 nitrogen and oxygen atoms in total. The van der Waals surface area contributed by atoms with Crippen LogP contribution in [0.4, 0.5) is 0 Å². The zero-order valence-corrected chi connectivity index (χ0v) is 20.5. The molecule has 0 aliphatic carbocycles. The molecule has 2 aromatic rings. The van der Waals surface area contributed by atoms with Crippen molar-refractivity contribution in [3.05, 3.63) is 59.7 Å². The Morgan fingerprint density at radius 2 is 1.48 bits per heavy atom. The summed E-state index contributed by atoms with van der Waals surface area (Å²) < 4.78 is 16.3. The van der Waals surface area contributed by atoms with Crippen LogP contribution in [0.1, 0.15) is 25.0 Å². The van der Waals surface area contributed by atoms with E-state index in [0.29, 0.717) is 12.4 Å². The van der Waals surface area contributed by atoms with E-state index in [1.54, 1.807) is 0 Å². The Labute approximate surface area is 196 Å². The van der Waals surface area contributed by atoms with Gasteiger partial charge in [0.05, 0.1) is 13.2 Å². The molecule has 2 aromatic carbocycles. The van der Waals surface area contributed by atoms with E-state index < -0.39 is 6.10 Å². The molecule has 0 bridgehead atoms. The summed E-state index contributed by atoms with van der Waals surface area (Å²) in [5.41, 5.74) is 2.19. The molecule has 0 saturated carbocycles. The van der Waals surface area contributed by atoms with Crippen molar-refractivity contribution in [1.82, 2.24) is 0 Å². The summed E-state index contributed by atoms with van der Waals surface area (Å²) >= 11 is 0. The Balaban J connectivity index is 0.00000261. The number of aliphatic hydroxyl groups excluding tert-OH is 2.